The quantitative estimate of drug-likeness (QED) is 0.793. The highest BCUT2D eigenvalue weighted by Crippen LogP contribution is 2.19. The van der Waals surface area contributed by atoms with E-state index in [4.69, 9.17) is 11.6 Å². The molecule has 0 radical (unpaired) electrons. The van der Waals surface area contributed by atoms with Gasteiger partial charge in [0.15, 0.2) is 6.54 Å². The Kier molecular flexibility index (Phi) is 6.83. The summed E-state index contributed by atoms with van der Waals surface area (Å²) < 4.78 is 0. The van der Waals surface area contributed by atoms with E-state index in [1.165, 1.54) is 5.56 Å². The van der Waals surface area contributed by atoms with Crippen LogP contribution in [0.1, 0.15) is 49.5 Å². The van der Waals surface area contributed by atoms with Gasteiger partial charge in [0, 0.05) is 10.6 Å². The molecule has 4 heteroatoms. The summed E-state index contributed by atoms with van der Waals surface area (Å²) >= 11 is 6.20. The molecule has 0 heterocycles. The van der Waals surface area contributed by atoms with E-state index in [1.54, 1.807) is 0 Å². The van der Waals surface area contributed by atoms with Gasteiger partial charge in [0.05, 0.1) is 6.04 Å². The van der Waals surface area contributed by atoms with Gasteiger partial charge in [0.2, 0.25) is 0 Å². The molecule has 128 valence electrons. The summed E-state index contributed by atoms with van der Waals surface area (Å²) in [5, 5.41) is 5.80. The molecule has 0 aromatic heterocycles. The zero-order valence-electron chi connectivity index (χ0n) is 14.6. The first-order valence-electron chi connectivity index (χ1n) is 8.47. The summed E-state index contributed by atoms with van der Waals surface area (Å²) in [6.45, 7) is 6.58. The Morgan fingerprint density at radius 3 is 2.42 bits per heavy atom. The van der Waals surface area contributed by atoms with Gasteiger partial charge in [-0.1, -0.05) is 61.0 Å². The molecule has 3 N–H and O–H groups in total. The number of hydrogen-bond donors (Lipinski definition) is 2. The largest absolute Gasteiger partial charge is 0.345 e. The molecule has 0 aliphatic carbocycles. The van der Waals surface area contributed by atoms with Crippen LogP contribution < -0.4 is 10.6 Å². The fourth-order valence-electron chi connectivity index (χ4n) is 2.68. The van der Waals surface area contributed by atoms with Gasteiger partial charge in [0.25, 0.3) is 5.91 Å². The van der Waals surface area contributed by atoms with Crippen molar-refractivity contribution in [1.29, 1.82) is 0 Å². The molecule has 2 aromatic carbocycles. The Morgan fingerprint density at radius 2 is 1.79 bits per heavy atom. The Balaban J connectivity index is 1.85. The zero-order valence-corrected chi connectivity index (χ0v) is 15.3. The number of carbonyl (C=O) groups excluding carboxylic acids is 1. The standard InChI is InChI=1S/C20H25ClN2O/c1-4-16-9-11-17(12-10-16)14(2)23-20(24)13-22-15(3)18-7-5-6-8-19(18)21/h5-12,14-15,22H,4,13H2,1-3H3,(H,23,24)/p+1/t14-,15-/m0/s1. The number of carbonyl (C=O) groups is 1. The van der Waals surface area contributed by atoms with Crippen LogP contribution in [0.3, 0.4) is 0 Å². The third-order valence-electron chi connectivity index (χ3n) is 4.32. The second kappa shape index (κ2) is 8.86. The molecule has 0 spiro atoms. The van der Waals surface area contributed by atoms with Crippen LogP contribution in [0.2, 0.25) is 5.02 Å². The highest BCUT2D eigenvalue weighted by Gasteiger charge is 2.15. The number of amides is 1. The number of hydrogen-bond acceptors (Lipinski definition) is 1. The molecule has 1 amide bonds. The number of nitrogens with two attached hydrogens (primary N) is 1. The van der Waals surface area contributed by atoms with Crippen molar-refractivity contribution in [3.63, 3.8) is 0 Å². The summed E-state index contributed by atoms with van der Waals surface area (Å²) in [5.74, 6) is 0.0287. The van der Waals surface area contributed by atoms with E-state index in [0.29, 0.717) is 6.54 Å². The Morgan fingerprint density at radius 1 is 1.12 bits per heavy atom. The van der Waals surface area contributed by atoms with Gasteiger partial charge >= 0.3 is 0 Å². The molecule has 0 unspecified atom stereocenters. The molecule has 0 saturated heterocycles. The SMILES string of the molecule is CCc1ccc([C@H](C)NC(=O)C[NH2+][C@@H](C)c2ccccc2Cl)cc1. The summed E-state index contributed by atoms with van der Waals surface area (Å²) in [5.41, 5.74) is 3.48. The van der Waals surface area contributed by atoms with Crippen molar-refractivity contribution in [2.75, 3.05) is 6.54 Å². The summed E-state index contributed by atoms with van der Waals surface area (Å²) in [4.78, 5) is 12.2. The van der Waals surface area contributed by atoms with E-state index in [1.807, 2.05) is 36.5 Å². The molecule has 24 heavy (non-hydrogen) atoms. The Hall–Kier alpha value is -1.84. The van der Waals surface area contributed by atoms with Crippen LogP contribution in [0.4, 0.5) is 0 Å². The zero-order chi connectivity index (χ0) is 17.5. The number of benzene rings is 2. The van der Waals surface area contributed by atoms with E-state index < -0.39 is 0 Å². The lowest BCUT2D eigenvalue weighted by Crippen LogP contribution is -2.87. The minimum absolute atomic E-state index is 0.00688. The number of halogens is 1. The maximum Gasteiger partial charge on any atom is 0.275 e. The van der Waals surface area contributed by atoms with E-state index in [9.17, 15) is 4.79 Å². The van der Waals surface area contributed by atoms with Crippen LogP contribution >= 0.6 is 11.6 Å². The molecule has 0 saturated carbocycles. The minimum atomic E-state index is 0.00688. The van der Waals surface area contributed by atoms with Crippen molar-refractivity contribution >= 4 is 17.5 Å². The first-order valence-corrected chi connectivity index (χ1v) is 8.85. The summed E-state index contributed by atoms with van der Waals surface area (Å²) in [7, 11) is 0. The molecule has 2 rings (SSSR count). The fraction of sp³-hybridized carbons (Fsp3) is 0.350. The highest BCUT2D eigenvalue weighted by atomic mass is 35.5. The number of quaternary nitrogens is 1. The van der Waals surface area contributed by atoms with Crippen molar-refractivity contribution in [2.24, 2.45) is 0 Å². The topological polar surface area (TPSA) is 45.7 Å². The van der Waals surface area contributed by atoms with Gasteiger partial charge in [-0.05, 0) is 37.5 Å². The lowest BCUT2D eigenvalue weighted by Gasteiger charge is -2.16. The predicted octanol–water partition coefficient (Wildman–Crippen LogP) is 3.40. The number of nitrogens with one attached hydrogen (secondary N) is 1. The predicted molar refractivity (Wildman–Crippen MR) is 99.0 cm³/mol. The smallest absolute Gasteiger partial charge is 0.275 e. The van der Waals surface area contributed by atoms with Crippen LogP contribution in [0.25, 0.3) is 0 Å². The van der Waals surface area contributed by atoms with E-state index in [-0.39, 0.29) is 18.0 Å². The number of aryl methyl sites for hydroxylation is 1. The lowest BCUT2D eigenvalue weighted by molar-refractivity contribution is -0.682. The van der Waals surface area contributed by atoms with Crippen molar-refractivity contribution in [1.82, 2.24) is 5.32 Å². The second-order valence-corrected chi connectivity index (χ2v) is 6.54. The average molecular weight is 346 g/mol. The van der Waals surface area contributed by atoms with Gasteiger partial charge in [-0.2, -0.15) is 0 Å². The van der Waals surface area contributed by atoms with E-state index in [0.717, 1.165) is 22.6 Å². The third kappa shape index (κ3) is 5.08. The molecule has 0 fully saturated rings. The van der Waals surface area contributed by atoms with Crippen LogP contribution in [0, 0.1) is 0 Å². The van der Waals surface area contributed by atoms with Crippen molar-refractivity contribution < 1.29 is 10.1 Å². The number of rotatable bonds is 7. The van der Waals surface area contributed by atoms with Gasteiger partial charge in [-0.25, -0.2) is 0 Å². The average Bonchev–Trinajstić information content (AvgIpc) is 2.60. The summed E-state index contributed by atoms with van der Waals surface area (Å²) in [6.07, 6.45) is 1.02. The normalized spacial score (nSPS) is 13.3. The van der Waals surface area contributed by atoms with Crippen molar-refractivity contribution in [3.05, 3.63) is 70.2 Å². The van der Waals surface area contributed by atoms with Gasteiger partial charge in [-0.3, -0.25) is 4.79 Å². The van der Waals surface area contributed by atoms with Gasteiger partial charge in [-0.15, -0.1) is 0 Å². The Labute approximate surface area is 149 Å². The molecular weight excluding hydrogens is 320 g/mol. The maximum absolute atomic E-state index is 12.2. The van der Waals surface area contributed by atoms with E-state index >= 15 is 0 Å². The van der Waals surface area contributed by atoms with Crippen molar-refractivity contribution in [3.8, 4) is 0 Å². The molecule has 2 atom stereocenters. The second-order valence-electron chi connectivity index (χ2n) is 6.13. The van der Waals surface area contributed by atoms with Crippen LogP contribution in [-0.2, 0) is 11.2 Å². The fourth-order valence-corrected chi connectivity index (χ4v) is 2.99. The minimum Gasteiger partial charge on any atom is -0.345 e. The van der Waals surface area contributed by atoms with Crippen molar-refractivity contribution in [2.45, 2.75) is 39.3 Å². The molecule has 3 nitrogen and oxygen atoms in total. The maximum atomic E-state index is 12.2. The van der Waals surface area contributed by atoms with Crippen LogP contribution in [-0.4, -0.2) is 12.5 Å². The van der Waals surface area contributed by atoms with Gasteiger partial charge < -0.3 is 10.6 Å². The monoisotopic (exact) mass is 345 g/mol. The molecule has 0 aliphatic rings. The molecular formula is C20H26ClN2O+. The Bertz CT molecular complexity index is 670. The summed E-state index contributed by atoms with van der Waals surface area (Å²) in [6, 6.07) is 16.3. The molecule has 0 aliphatic heterocycles. The van der Waals surface area contributed by atoms with Gasteiger partial charge in [0.1, 0.15) is 6.04 Å². The van der Waals surface area contributed by atoms with E-state index in [2.05, 4.69) is 43.4 Å². The lowest BCUT2D eigenvalue weighted by atomic mass is 10.0. The third-order valence-corrected chi connectivity index (χ3v) is 4.66. The molecule has 0 bridgehead atoms. The van der Waals surface area contributed by atoms with Crippen LogP contribution in [0.5, 0.6) is 0 Å². The van der Waals surface area contributed by atoms with Crippen LogP contribution in [0.15, 0.2) is 48.5 Å². The molecule has 2 aromatic rings. The highest BCUT2D eigenvalue weighted by molar-refractivity contribution is 6.31. The first kappa shape index (κ1) is 18.5. The first-order chi connectivity index (χ1) is 11.5.